The summed E-state index contributed by atoms with van der Waals surface area (Å²) in [7, 11) is 0. The molecule has 0 aliphatic carbocycles. The monoisotopic (exact) mass is 363 g/mol. The summed E-state index contributed by atoms with van der Waals surface area (Å²) in [6.07, 6.45) is 1.39. The summed E-state index contributed by atoms with van der Waals surface area (Å²) in [5.74, 6) is 0.108. The van der Waals surface area contributed by atoms with Gasteiger partial charge >= 0.3 is 0 Å². The van der Waals surface area contributed by atoms with Gasteiger partial charge in [-0.15, -0.1) is 11.3 Å². The molecule has 0 unspecified atom stereocenters. The number of thiophene rings is 1. The number of allylic oxidation sites excluding steroid dienone is 1. The highest BCUT2D eigenvalue weighted by molar-refractivity contribution is 7.12. The van der Waals surface area contributed by atoms with Crippen LogP contribution in [0.2, 0.25) is 0 Å². The molecule has 0 radical (unpaired) electrons. The smallest absolute Gasteiger partial charge is 0.264 e. The van der Waals surface area contributed by atoms with Crippen molar-refractivity contribution in [3.05, 3.63) is 58.4 Å². The lowest BCUT2D eigenvalue weighted by Gasteiger charge is -2.36. The SMILES string of the molecule is N#CC(C#N)=CNc1ccc(N2CCN(C(=O)c3cccs3)CC2)cc1. The van der Waals surface area contributed by atoms with Crippen molar-refractivity contribution in [1.82, 2.24) is 4.90 Å². The van der Waals surface area contributed by atoms with Crippen LogP contribution in [-0.4, -0.2) is 37.0 Å². The van der Waals surface area contributed by atoms with Crippen LogP contribution in [0.15, 0.2) is 53.6 Å². The maximum absolute atomic E-state index is 12.4. The average molecular weight is 363 g/mol. The molecule has 0 saturated carbocycles. The normalized spacial score (nSPS) is 13.5. The van der Waals surface area contributed by atoms with E-state index in [9.17, 15) is 4.79 Å². The van der Waals surface area contributed by atoms with Gasteiger partial charge in [0.15, 0.2) is 0 Å². The van der Waals surface area contributed by atoms with Crippen molar-refractivity contribution in [3.63, 3.8) is 0 Å². The lowest BCUT2D eigenvalue weighted by atomic mass is 10.2. The lowest BCUT2D eigenvalue weighted by Crippen LogP contribution is -2.48. The van der Waals surface area contributed by atoms with E-state index in [1.54, 1.807) is 12.1 Å². The van der Waals surface area contributed by atoms with Crippen molar-refractivity contribution in [2.75, 3.05) is 36.4 Å². The molecule has 1 aliphatic heterocycles. The first-order valence-electron chi connectivity index (χ1n) is 8.16. The largest absolute Gasteiger partial charge is 0.368 e. The number of carbonyl (C=O) groups is 1. The highest BCUT2D eigenvalue weighted by Crippen LogP contribution is 2.21. The Labute approximate surface area is 156 Å². The van der Waals surface area contributed by atoms with Gasteiger partial charge in [0.1, 0.15) is 17.7 Å². The van der Waals surface area contributed by atoms with Crippen LogP contribution in [0.1, 0.15) is 9.67 Å². The summed E-state index contributed by atoms with van der Waals surface area (Å²) >= 11 is 1.48. The Bertz CT molecular complexity index is 850. The van der Waals surface area contributed by atoms with Crippen molar-refractivity contribution in [3.8, 4) is 12.1 Å². The van der Waals surface area contributed by atoms with Crippen molar-refractivity contribution in [2.45, 2.75) is 0 Å². The van der Waals surface area contributed by atoms with Crippen LogP contribution in [0.5, 0.6) is 0 Å². The number of nitriles is 2. The molecule has 1 saturated heterocycles. The van der Waals surface area contributed by atoms with E-state index in [1.807, 2.05) is 46.7 Å². The molecule has 0 bridgehead atoms. The van der Waals surface area contributed by atoms with Crippen LogP contribution in [0, 0.1) is 22.7 Å². The van der Waals surface area contributed by atoms with Crippen molar-refractivity contribution >= 4 is 28.6 Å². The predicted molar refractivity (Wildman–Crippen MR) is 102 cm³/mol. The second kappa shape index (κ2) is 8.19. The highest BCUT2D eigenvalue weighted by atomic mass is 32.1. The van der Waals surface area contributed by atoms with E-state index in [1.165, 1.54) is 17.5 Å². The molecule has 3 rings (SSSR count). The number of rotatable bonds is 4. The van der Waals surface area contributed by atoms with Gasteiger partial charge in [0.2, 0.25) is 0 Å². The van der Waals surface area contributed by atoms with Gasteiger partial charge in [0.05, 0.1) is 4.88 Å². The van der Waals surface area contributed by atoms with Crippen LogP contribution >= 0.6 is 11.3 Å². The fourth-order valence-corrected chi connectivity index (χ4v) is 3.43. The second-order valence-corrected chi connectivity index (χ2v) is 6.68. The van der Waals surface area contributed by atoms with E-state index in [0.717, 1.165) is 29.3 Å². The van der Waals surface area contributed by atoms with Gasteiger partial charge in [-0.05, 0) is 35.7 Å². The maximum atomic E-state index is 12.4. The quantitative estimate of drug-likeness (QED) is 0.844. The van der Waals surface area contributed by atoms with Crippen molar-refractivity contribution in [2.24, 2.45) is 0 Å². The summed E-state index contributed by atoms with van der Waals surface area (Å²) in [6, 6.07) is 15.2. The minimum atomic E-state index is 0.0283. The number of carbonyl (C=O) groups excluding carboxylic acids is 1. The molecule has 130 valence electrons. The Kier molecular flexibility index (Phi) is 5.52. The van der Waals surface area contributed by atoms with Crippen LogP contribution in [-0.2, 0) is 0 Å². The summed E-state index contributed by atoms with van der Waals surface area (Å²) in [6.45, 7) is 2.98. The number of hydrogen-bond donors (Lipinski definition) is 1. The van der Waals surface area contributed by atoms with E-state index in [-0.39, 0.29) is 11.5 Å². The third kappa shape index (κ3) is 4.02. The predicted octanol–water partition coefficient (Wildman–Crippen LogP) is 3.05. The van der Waals surface area contributed by atoms with Crippen LogP contribution < -0.4 is 10.2 Å². The Hall–Kier alpha value is -3.29. The fraction of sp³-hybridized carbons (Fsp3) is 0.211. The summed E-state index contributed by atoms with van der Waals surface area (Å²) < 4.78 is 0. The molecule has 2 aromatic rings. The van der Waals surface area contributed by atoms with E-state index in [2.05, 4.69) is 10.2 Å². The molecule has 1 aromatic heterocycles. The number of anilines is 2. The first-order chi connectivity index (χ1) is 12.7. The number of nitrogens with zero attached hydrogens (tertiary/aromatic N) is 4. The van der Waals surface area contributed by atoms with Gasteiger partial charge in [0.25, 0.3) is 5.91 Å². The number of benzene rings is 1. The Balaban J connectivity index is 1.56. The average Bonchev–Trinajstić information content (AvgIpc) is 3.24. The first-order valence-corrected chi connectivity index (χ1v) is 9.04. The third-order valence-electron chi connectivity index (χ3n) is 4.16. The maximum Gasteiger partial charge on any atom is 0.264 e. The number of nitrogens with one attached hydrogen (secondary N) is 1. The Morgan fingerprint density at radius 3 is 2.35 bits per heavy atom. The van der Waals surface area contributed by atoms with Crippen molar-refractivity contribution in [1.29, 1.82) is 10.5 Å². The van der Waals surface area contributed by atoms with E-state index >= 15 is 0 Å². The molecular formula is C19H17N5OS. The van der Waals surface area contributed by atoms with Gasteiger partial charge in [-0.25, -0.2) is 0 Å². The van der Waals surface area contributed by atoms with Crippen LogP contribution in [0.3, 0.4) is 0 Å². The van der Waals surface area contributed by atoms with Gasteiger partial charge < -0.3 is 15.1 Å². The van der Waals surface area contributed by atoms with Gasteiger partial charge in [-0.2, -0.15) is 10.5 Å². The summed E-state index contributed by atoms with van der Waals surface area (Å²) in [4.78, 5) is 17.3. The Morgan fingerprint density at radius 2 is 1.77 bits per heavy atom. The van der Waals surface area contributed by atoms with Crippen LogP contribution in [0.4, 0.5) is 11.4 Å². The highest BCUT2D eigenvalue weighted by Gasteiger charge is 2.22. The summed E-state index contributed by atoms with van der Waals surface area (Å²) in [5.41, 5.74) is 1.92. The zero-order valence-electron chi connectivity index (χ0n) is 14.1. The first kappa shape index (κ1) is 17.5. The van der Waals surface area contributed by atoms with Crippen LogP contribution in [0.25, 0.3) is 0 Å². The number of amides is 1. The van der Waals surface area contributed by atoms with E-state index in [4.69, 9.17) is 10.5 Å². The fourth-order valence-electron chi connectivity index (χ4n) is 2.74. The molecule has 6 nitrogen and oxygen atoms in total. The molecule has 1 amide bonds. The zero-order valence-corrected chi connectivity index (χ0v) is 14.9. The van der Waals surface area contributed by atoms with Gasteiger partial charge in [-0.1, -0.05) is 6.07 Å². The third-order valence-corrected chi connectivity index (χ3v) is 5.01. The minimum absolute atomic E-state index is 0.0283. The molecule has 2 heterocycles. The van der Waals surface area contributed by atoms with E-state index < -0.39 is 0 Å². The molecule has 1 aromatic carbocycles. The second-order valence-electron chi connectivity index (χ2n) is 5.73. The minimum Gasteiger partial charge on any atom is -0.368 e. The summed E-state index contributed by atoms with van der Waals surface area (Å²) in [5, 5.41) is 22.3. The molecule has 0 atom stereocenters. The number of hydrogen-bond acceptors (Lipinski definition) is 6. The molecule has 1 aliphatic rings. The van der Waals surface area contributed by atoms with Gasteiger partial charge in [0, 0.05) is 43.8 Å². The topological polar surface area (TPSA) is 83.2 Å². The zero-order chi connectivity index (χ0) is 18.4. The lowest BCUT2D eigenvalue weighted by molar-refractivity contribution is 0.0751. The van der Waals surface area contributed by atoms with Gasteiger partial charge in [-0.3, -0.25) is 4.79 Å². The molecule has 0 spiro atoms. The van der Waals surface area contributed by atoms with E-state index in [0.29, 0.717) is 13.1 Å². The molecule has 1 N–H and O–H groups in total. The molecule has 1 fully saturated rings. The molecule has 26 heavy (non-hydrogen) atoms. The number of piperazine rings is 1. The Morgan fingerprint density at radius 1 is 1.08 bits per heavy atom. The van der Waals surface area contributed by atoms with Crippen molar-refractivity contribution < 1.29 is 4.79 Å². The molecule has 7 heteroatoms. The standard InChI is InChI=1S/C19H17N5OS/c20-12-15(13-21)14-22-16-3-5-17(6-4-16)23-7-9-24(10-8-23)19(25)18-2-1-11-26-18/h1-6,11,14,22H,7-10H2. The molecular weight excluding hydrogens is 346 g/mol.